The zero-order valence-electron chi connectivity index (χ0n) is 14.9. The van der Waals surface area contributed by atoms with Crippen LogP contribution < -0.4 is 14.8 Å². The third-order valence-corrected chi connectivity index (χ3v) is 3.55. The molecular formula is C20H21NO5. The molecule has 0 aromatic heterocycles. The fourth-order valence-corrected chi connectivity index (χ4v) is 2.19. The van der Waals surface area contributed by atoms with Gasteiger partial charge in [-0.05, 0) is 43.3 Å². The second kappa shape index (κ2) is 9.27. The van der Waals surface area contributed by atoms with Gasteiger partial charge in [-0.3, -0.25) is 4.79 Å². The molecule has 1 N–H and O–H groups in total. The molecule has 0 fully saturated rings. The van der Waals surface area contributed by atoms with Crippen LogP contribution in [-0.4, -0.2) is 32.6 Å². The van der Waals surface area contributed by atoms with Gasteiger partial charge in [-0.25, -0.2) is 4.79 Å². The molecule has 0 radical (unpaired) electrons. The highest BCUT2D eigenvalue weighted by atomic mass is 16.5. The van der Waals surface area contributed by atoms with Crippen molar-refractivity contribution in [3.8, 4) is 11.5 Å². The Bertz CT molecular complexity index is 796. The number of Topliss-reactive ketones (excluding diaryl/α,β-unsaturated/α-hetero) is 1. The van der Waals surface area contributed by atoms with E-state index in [4.69, 9.17) is 14.2 Å². The highest BCUT2D eigenvalue weighted by molar-refractivity contribution is 6.24. The van der Waals surface area contributed by atoms with Crippen LogP contribution in [0.5, 0.6) is 11.5 Å². The Morgan fingerprint density at radius 2 is 1.69 bits per heavy atom. The molecule has 0 aliphatic rings. The normalized spacial score (nSPS) is 10.8. The molecule has 2 aromatic rings. The van der Waals surface area contributed by atoms with Gasteiger partial charge in [0.05, 0.1) is 20.8 Å². The van der Waals surface area contributed by atoms with Crippen molar-refractivity contribution in [2.45, 2.75) is 6.92 Å². The number of carbonyl (C=O) groups excluding carboxylic acids is 2. The second-order valence-corrected chi connectivity index (χ2v) is 5.21. The van der Waals surface area contributed by atoms with Crippen molar-refractivity contribution in [1.29, 1.82) is 0 Å². The van der Waals surface area contributed by atoms with Gasteiger partial charge >= 0.3 is 5.97 Å². The first-order valence-electron chi connectivity index (χ1n) is 8.05. The average Bonchev–Trinajstić information content (AvgIpc) is 2.68. The topological polar surface area (TPSA) is 73.9 Å². The third kappa shape index (κ3) is 4.86. The van der Waals surface area contributed by atoms with Gasteiger partial charge in [0.1, 0.15) is 17.1 Å². The van der Waals surface area contributed by atoms with E-state index in [0.717, 1.165) is 0 Å². The monoisotopic (exact) mass is 355 g/mol. The van der Waals surface area contributed by atoms with Crippen LogP contribution in [0.15, 0.2) is 60.3 Å². The minimum absolute atomic E-state index is 0.101. The first-order chi connectivity index (χ1) is 12.6. The van der Waals surface area contributed by atoms with Gasteiger partial charge in [0.2, 0.25) is 5.78 Å². The molecule has 2 rings (SSSR count). The molecule has 0 spiro atoms. The fourth-order valence-electron chi connectivity index (χ4n) is 2.19. The Hall–Kier alpha value is -3.28. The van der Waals surface area contributed by atoms with Gasteiger partial charge in [-0.15, -0.1) is 0 Å². The van der Waals surface area contributed by atoms with Crippen LogP contribution in [0.25, 0.3) is 0 Å². The number of carbonyl (C=O) groups is 2. The number of esters is 1. The van der Waals surface area contributed by atoms with E-state index in [0.29, 0.717) is 22.7 Å². The maximum absolute atomic E-state index is 12.8. The van der Waals surface area contributed by atoms with Gasteiger partial charge in [-0.2, -0.15) is 0 Å². The first-order valence-corrected chi connectivity index (χ1v) is 8.05. The molecule has 136 valence electrons. The predicted octanol–water partition coefficient (Wildman–Crippen LogP) is 3.45. The molecule has 6 heteroatoms. The fraction of sp³-hybridized carbons (Fsp3) is 0.200. The van der Waals surface area contributed by atoms with Crippen LogP contribution >= 0.6 is 0 Å². The number of ether oxygens (including phenoxy) is 3. The van der Waals surface area contributed by atoms with Crippen molar-refractivity contribution >= 4 is 17.4 Å². The van der Waals surface area contributed by atoms with Crippen LogP contribution in [0, 0.1) is 0 Å². The summed E-state index contributed by atoms with van der Waals surface area (Å²) in [6.07, 6.45) is 1.35. The Balaban J connectivity index is 2.28. The predicted molar refractivity (Wildman–Crippen MR) is 98.7 cm³/mol. The Morgan fingerprint density at radius 3 is 2.31 bits per heavy atom. The highest BCUT2D eigenvalue weighted by Gasteiger charge is 2.21. The Morgan fingerprint density at radius 1 is 1.00 bits per heavy atom. The molecule has 2 aromatic carbocycles. The van der Waals surface area contributed by atoms with E-state index in [1.807, 2.05) is 0 Å². The van der Waals surface area contributed by atoms with E-state index >= 15 is 0 Å². The summed E-state index contributed by atoms with van der Waals surface area (Å²) in [4.78, 5) is 25.0. The summed E-state index contributed by atoms with van der Waals surface area (Å²) in [5.41, 5.74) is 0.933. The van der Waals surface area contributed by atoms with Crippen LogP contribution in [0.2, 0.25) is 0 Å². The Kier molecular flexibility index (Phi) is 6.79. The summed E-state index contributed by atoms with van der Waals surface area (Å²) in [5.74, 6) is 0.0875. The summed E-state index contributed by atoms with van der Waals surface area (Å²) in [6.45, 7) is 1.85. The molecule has 0 bridgehead atoms. The third-order valence-electron chi connectivity index (χ3n) is 3.55. The number of hydrogen-bond donors (Lipinski definition) is 1. The summed E-state index contributed by atoms with van der Waals surface area (Å²) < 4.78 is 15.2. The van der Waals surface area contributed by atoms with E-state index in [-0.39, 0.29) is 12.2 Å². The van der Waals surface area contributed by atoms with Crippen molar-refractivity contribution in [3.05, 3.63) is 65.9 Å². The summed E-state index contributed by atoms with van der Waals surface area (Å²) in [6, 6.07) is 13.7. The molecule has 0 atom stereocenters. The van der Waals surface area contributed by atoms with E-state index in [2.05, 4.69) is 5.32 Å². The zero-order valence-corrected chi connectivity index (χ0v) is 14.9. The maximum Gasteiger partial charge on any atom is 0.343 e. The standard InChI is InChI=1S/C20H21NO5/c1-4-26-20(23)18(13-21-15-8-10-16(24-2)11-9-15)19(22)14-6-5-7-17(12-14)25-3/h5-13,21H,4H2,1-3H3/b18-13+. The number of anilines is 1. The van der Waals surface area contributed by atoms with Gasteiger partial charge in [-0.1, -0.05) is 12.1 Å². The smallest absolute Gasteiger partial charge is 0.343 e. The van der Waals surface area contributed by atoms with Gasteiger partial charge in [0.15, 0.2) is 0 Å². The number of rotatable bonds is 8. The molecular weight excluding hydrogens is 334 g/mol. The minimum Gasteiger partial charge on any atom is -0.497 e. The molecule has 0 saturated carbocycles. The maximum atomic E-state index is 12.8. The zero-order chi connectivity index (χ0) is 18.9. The molecule has 0 aliphatic carbocycles. The lowest BCUT2D eigenvalue weighted by Crippen LogP contribution is -2.17. The quantitative estimate of drug-likeness (QED) is 0.257. The SMILES string of the molecule is CCOC(=O)/C(=C/Nc1ccc(OC)cc1)C(=O)c1cccc(OC)c1. The van der Waals surface area contributed by atoms with Crippen LogP contribution in [-0.2, 0) is 9.53 Å². The molecule has 0 aliphatic heterocycles. The first kappa shape index (κ1) is 19.1. The molecule has 26 heavy (non-hydrogen) atoms. The lowest BCUT2D eigenvalue weighted by Gasteiger charge is -2.09. The van der Waals surface area contributed by atoms with Crippen molar-refractivity contribution in [3.63, 3.8) is 0 Å². The van der Waals surface area contributed by atoms with Crippen molar-refractivity contribution in [2.24, 2.45) is 0 Å². The van der Waals surface area contributed by atoms with E-state index < -0.39 is 11.8 Å². The van der Waals surface area contributed by atoms with Gasteiger partial charge in [0, 0.05) is 17.5 Å². The number of hydrogen-bond acceptors (Lipinski definition) is 6. The van der Waals surface area contributed by atoms with Crippen LogP contribution in [0.3, 0.4) is 0 Å². The van der Waals surface area contributed by atoms with E-state index in [9.17, 15) is 9.59 Å². The number of ketones is 1. The van der Waals surface area contributed by atoms with Gasteiger partial charge in [0.25, 0.3) is 0 Å². The molecule has 0 heterocycles. The van der Waals surface area contributed by atoms with Gasteiger partial charge < -0.3 is 19.5 Å². The summed E-state index contributed by atoms with van der Waals surface area (Å²) >= 11 is 0. The number of nitrogens with one attached hydrogen (secondary N) is 1. The molecule has 0 unspecified atom stereocenters. The van der Waals surface area contributed by atoms with Crippen LogP contribution in [0.4, 0.5) is 5.69 Å². The second-order valence-electron chi connectivity index (χ2n) is 5.21. The van der Waals surface area contributed by atoms with E-state index in [1.54, 1.807) is 62.6 Å². The van der Waals surface area contributed by atoms with Crippen molar-refractivity contribution in [1.82, 2.24) is 0 Å². The number of methoxy groups -OCH3 is 2. The molecule has 0 saturated heterocycles. The van der Waals surface area contributed by atoms with E-state index in [1.165, 1.54) is 13.3 Å². The minimum atomic E-state index is -0.693. The largest absolute Gasteiger partial charge is 0.497 e. The number of benzene rings is 2. The molecule has 6 nitrogen and oxygen atoms in total. The summed E-state index contributed by atoms with van der Waals surface area (Å²) in [5, 5.41) is 2.94. The van der Waals surface area contributed by atoms with Crippen LogP contribution in [0.1, 0.15) is 17.3 Å². The Labute approximate surface area is 152 Å². The lowest BCUT2D eigenvalue weighted by atomic mass is 10.0. The lowest BCUT2D eigenvalue weighted by molar-refractivity contribution is -0.138. The molecule has 0 amide bonds. The average molecular weight is 355 g/mol. The summed E-state index contributed by atoms with van der Waals surface area (Å²) in [7, 11) is 3.09. The highest BCUT2D eigenvalue weighted by Crippen LogP contribution is 2.18. The van der Waals surface area contributed by atoms with Crippen molar-refractivity contribution in [2.75, 3.05) is 26.1 Å². The van der Waals surface area contributed by atoms with Crippen molar-refractivity contribution < 1.29 is 23.8 Å².